The lowest BCUT2D eigenvalue weighted by atomic mass is 10.1. The largest absolute Gasteiger partial charge is 0.315 e. The predicted octanol–water partition coefficient (Wildman–Crippen LogP) is 4.96. The van der Waals surface area contributed by atoms with Crippen molar-refractivity contribution in [2.45, 2.75) is 51.6 Å². The Hall–Kier alpha value is -2.27. The lowest BCUT2D eigenvalue weighted by Gasteiger charge is -2.22. The van der Waals surface area contributed by atoms with Crippen molar-refractivity contribution in [1.29, 1.82) is 5.26 Å². The van der Waals surface area contributed by atoms with Crippen LogP contribution in [0.4, 0.5) is 5.00 Å². The third-order valence-corrected chi connectivity index (χ3v) is 7.76. The summed E-state index contributed by atoms with van der Waals surface area (Å²) in [4.78, 5) is 20.8. The van der Waals surface area contributed by atoms with Crippen LogP contribution in [0.2, 0.25) is 0 Å². The minimum absolute atomic E-state index is 0.0819. The molecule has 1 aliphatic rings. The highest BCUT2D eigenvalue weighted by Crippen LogP contribution is 2.37. The first-order chi connectivity index (χ1) is 14.1. The standard InChI is InChI=1S/C22H24N4OS2/c1-14(26(2)13-20-24-17-9-6-7-11-19(17)28-20)21(27)25-22-16(12-23)15-8-4-3-5-10-18(15)29-22/h6-7,9,11,14H,3-5,8,10,13H2,1-2H3,(H,25,27). The zero-order valence-electron chi connectivity index (χ0n) is 16.7. The molecule has 0 fully saturated rings. The molecule has 0 bridgehead atoms. The van der Waals surface area contributed by atoms with Gasteiger partial charge < -0.3 is 5.32 Å². The number of thiophene rings is 1. The van der Waals surface area contributed by atoms with E-state index in [0.29, 0.717) is 17.1 Å². The van der Waals surface area contributed by atoms with Crippen molar-refractivity contribution in [3.05, 3.63) is 45.3 Å². The predicted molar refractivity (Wildman–Crippen MR) is 119 cm³/mol. The second-order valence-corrected chi connectivity index (χ2v) is 9.76. The fourth-order valence-electron chi connectivity index (χ4n) is 3.70. The molecule has 1 aliphatic carbocycles. The number of aryl methyl sites for hydroxylation is 1. The quantitative estimate of drug-likeness (QED) is 0.588. The highest BCUT2D eigenvalue weighted by Gasteiger charge is 2.24. The number of anilines is 1. The number of hydrogen-bond acceptors (Lipinski definition) is 6. The van der Waals surface area contributed by atoms with Crippen molar-refractivity contribution in [2.24, 2.45) is 0 Å². The van der Waals surface area contributed by atoms with Crippen LogP contribution in [0.15, 0.2) is 24.3 Å². The first-order valence-corrected chi connectivity index (χ1v) is 11.6. The van der Waals surface area contributed by atoms with Crippen molar-refractivity contribution in [3.8, 4) is 6.07 Å². The SMILES string of the molecule is CC(C(=O)Nc1sc2c(c1C#N)CCCCC2)N(C)Cc1nc2ccccc2s1. The number of amides is 1. The summed E-state index contributed by atoms with van der Waals surface area (Å²) in [5.74, 6) is -0.0819. The van der Waals surface area contributed by atoms with Crippen molar-refractivity contribution in [1.82, 2.24) is 9.88 Å². The van der Waals surface area contributed by atoms with Crippen LogP contribution in [0.25, 0.3) is 10.2 Å². The Morgan fingerprint density at radius 3 is 2.86 bits per heavy atom. The first-order valence-electron chi connectivity index (χ1n) is 9.97. The number of para-hydroxylation sites is 1. The Balaban J connectivity index is 1.46. The number of benzene rings is 1. The van der Waals surface area contributed by atoms with Crippen LogP contribution in [0.3, 0.4) is 0 Å². The summed E-state index contributed by atoms with van der Waals surface area (Å²) in [6.45, 7) is 2.51. The van der Waals surface area contributed by atoms with Crippen molar-refractivity contribution in [2.75, 3.05) is 12.4 Å². The van der Waals surface area contributed by atoms with Crippen molar-refractivity contribution < 1.29 is 4.79 Å². The van der Waals surface area contributed by atoms with Gasteiger partial charge in [0.15, 0.2) is 0 Å². The molecule has 1 amide bonds. The van der Waals surface area contributed by atoms with E-state index >= 15 is 0 Å². The van der Waals surface area contributed by atoms with Gasteiger partial charge >= 0.3 is 0 Å². The van der Waals surface area contributed by atoms with Crippen LogP contribution in [0.5, 0.6) is 0 Å². The van der Waals surface area contributed by atoms with Crippen LogP contribution in [0.1, 0.15) is 47.2 Å². The van der Waals surface area contributed by atoms with Crippen LogP contribution in [-0.4, -0.2) is 28.9 Å². The van der Waals surface area contributed by atoms with E-state index in [9.17, 15) is 10.1 Å². The molecule has 0 spiro atoms. The maximum absolute atomic E-state index is 12.9. The number of carbonyl (C=O) groups excluding carboxylic acids is 1. The summed E-state index contributed by atoms with van der Waals surface area (Å²) < 4.78 is 1.16. The minimum atomic E-state index is -0.324. The molecule has 1 N–H and O–H groups in total. The van der Waals surface area contributed by atoms with Gasteiger partial charge in [-0.1, -0.05) is 18.6 Å². The molecular weight excluding hydrogens is 400 g/mol. The van der Waals surface area contributed by atoms with E-state index in [2.05, 4.69) is 22.4 Å². The molecule has 0 radical (unpaired) electrons. The number of carbonyl (C=O) groups is 1. The zero-order chi connectivity index (χ0) is 20.4. The highest BCUT2D eigenvalue weighted by atomic mass is 32.1. The summed E-state index contributed by atoms with van der Waals surface area (Å²) in [5.41, 5.74) is 2.82. The van der Waals surface area contributed by atoms with E-state index in [4.69, 9.17) is 0 Å². The molecule has 0 aliphatic heterocycles. The van der Waals surface area contributed by atoms with E-state index < -0.39 is 0 Å². The highest BCUT2D eigenvalue weighted by molar-refractivity contribution is 7.18. The Bertz CT molecular complexity index is 1050. The van der Waals surface area contributed by atoms with Gasteiger partial charge in [0.25, 0.3) is 0 Å². The number of nitrogens with zero attached hydrogens (tertiary/aromatic N) is 3. The molecule has 0 saturated carbocycles. The Kier molecular flexibility index (Phi) is 5.95. The molecule has 2 aromatic heterocycles. The maximum Gasteiger partial charge on any atom is 0.242 e. The molecule has 2 heterocycles. The Morgan fingerprint density at radius 1 is 1.28 bits per heavy atom. The zero-order valence-corrected chi connectivity index (χ0v) is 18.3. The van der Waals surface area contributed by atoms with Crippen LogP contribution in [0, 0.1) is 11.3 Å². The maximum atomic E-state index is 12.9. The first kappa shape index (κ1) is 20.0. The van der Waals surface area contributed by atoms with Gasteiger partial charge in [0.05, 0.1) is 28.4 Å². The van der Waals surface area contributed by atoms with Gasteiger partial charge in [-0.2, -0.15) is 5.26 Å². The molecule has 1 unspecified atom stereocenters. The summed E-state index contributed by atoms with van der Waals surface area (Å²) in [5, 5.41) is 14.4. The van der Waals surface area contributed by atoms with Gasteiger partial charge in [0.1, 0.15) is 16.1 Å². The molecule has 7 heteroatoms. The van der Waals surface area contributed by atoms with E-state index in [1.165, 1.54) is 11.3 Å². The number of rotatable bonds is 5. The number of fused-ring (bicyclic) bond motifs is 2. The molecule has 3 aromatic rings. The van der Waals surface area contributed by atoms with Gasteiger partial charge in [-0.15, -0.1) is 22.7 Å². The Labute approximate surface area is 179 Å². The molecule has 5 nitrogen and oxygen atoms in total. The van der Waals surface area contributed by atoms with E-state index in [0.717, 1.165) is 46.5 Å². The number of aromatic nitrogens is 1. The fourth-order valence-corrected chi connectivity index (χ4v) is 5.98. The van der Waals surface area contributed by atoms with E-state index in [1.54, 1.807) is 22.7 Å². The van der Waals surface area contributed by atoms with Gasteiger partial charge in [0, 0.05) is 4.88 Å². The number of nitriles is 1. The van der Waals surface area contributed by atoms with E-state index in [1.807, 2.05) is 37.1 Å². The van der Waals surface area contributed by atoms with Gasteiger partial charge in [-0.3, -0.25) is 9.69 Å². The lowest BCUT2D eigenvalue weighted by Crippen LogP contribution is -2.39. The number of nitrogens with one attached hydrogen (secondary N) is 1. The van der Waals surface area contributed by atoms with Gasteiger partial charge in [0.2, 0.25) is 5.91 Å². The molecule has 150 valence electrons. The number of hydrogen-bond donors (Lipinski definition) is 1. The van der Waals surface area contributed by atoms with Crippen LogP contribution in [-0.2, 0) is 24.2 Å². The smallest absolute Gasteiger partial charge is 0.242 e. The summed E-state index contributed by atoms with van der Waals surface area (Å²) in [7, 11) is 1.94. The number of likely N-dealkylation sites (N-methyl/N-ethyl adjacent to an activating group) is 1. The monoisotopic (exact) mass is 424 g/mol. The molecule has 4 rings (SSSR count). The van der Waals surface area contributed by atoms with Crippen molar-refractivity contribution in [3.63, 3.8) is 0 Å². The summed E-state index contributed by atoms with van der Waals surface area (Å²) in [6.07, 6.45) is 5.44. The molecule has 1 atom stereocenters. The number of thiazole rings is 1. The molecular formula is C22H24N4OS2. The van der Waals surface area contributed by atoms with Gasteiger partial charge in [-0.05, 0) is 57.4 Å². The van der Waals surface area contributed by atoms with Crippen LogP contribution < -0.4 is 5.32 Å². The Morgan fingerprint density at radius 2 is 2.07 bits per heavy atom. The fraction of sp³-hybridized carbons (Fsp3) is 0.409. The van der Waals surface area contributed by atoms with Crippen molar-refractivity contribution >= 4 is 43.8 Å². The topological polar surface area (TPSA) is 69.0 Å². The third kappa shape index (κ3) is 4.20. The molecule has 0 saturated heterocycles. The average Bonchev–Trinajstić information content (AvgIpc) is 3.18. The summed E-state index contributed by atoms with van der Waals surface area (Å²) >= 11 is 3.24. The summed E-state index contributed by atoms with van der Waals surface area (Å²) in [6, 6.07) is 10.1. The normalized spacial score (nSPS) is 15.0. The van der Waals surface area contributed by atoms with E-state index in [-0.39, 0.29) is 11.9 Å². The average molecular weight is 425 g/mol. The minimum Gasteiger partial charge on any atom is -0.315 e. The lowest BCUT2D eigenvalue weighted by molar-refractivity contribution is -0.120. The second kappa shape index (κ2) is 8.62. The van der Waals surface area contributed by atoms with Gasteiger partial charge in [-0.25, -0.2) is 4.98 Å². The van der Waals surface area contributed by atoms with Crippen LogP contribution >= 0.6 is 22.7 Å². The third-order valence-electron chi connectivity index (χ3n) is 5.53. The molecule has 1 aromatic carbocycles. The molecule has 29 heavy (non-hydrogen) atoms. The second-order valence-electron chi connectivity index (χ2n) is 7.54.